The van der Waals surface area contributed by atoms with Crippen molar-refractivity contribution in [1.29, 1.82) is 0 Å². The quantitative estimate of drug-likeness (QED) is 0.364. The summed E-state index contributed by atoms with van der Waals surface area (Å²) in [4.78, 5) is 21.0. The van der Waals surface area contributed by atoms with Gasteiger partial charge in [0.05, 0.1) is 11.1 Å². The minimum absolute atomic E-state index is 0.390. The molecule has 0 aliphatic rings. The molecule has 3 rings (SSSR count). The van der Waals surface area contributed by atoms with Crippen molar-refractivity contribution >= 4 is 11.9 Å². The zero-order valence-corrected chi connectivity index (χ0v) is 18.6. The number of para-hydroxylation sites is 1. The molecule has 0 aliphatic carbocycles. The summed E-state index contributed by atoms with van der Waals surface area (Å²) >= 11 is 0. The van der Waals surface area contributed by atoms with Crippen molar-refractivity contribution in [2.24, 2.45) is 0 Å². The van der Waals surface area contributed by atoms with E-state index in [9.17, 15) is 14.0 Å². The van der Waals surface area contributed by atoms with Gasteiger partial charge in [-0.05, 0) is 67.3 Å². The third kappa shape index (κ3) is 8.26. The Bertz CT molecular complexity index is 1070. The molecule has 0 fully saturated rings. The Hall–Kier alpha value is -3.93. The van der Waals surface area contributed by atoms with Gasteiger partial charge in [0.2, 0.25) is 0 Å². The lowest BCUT2D eigenvalue weighted by atomic mass is 10.1. The lowest BCUT2D eigenvalue weighted by molar-refractivity contribution is 0.0687. The van der Waals surface area contributed by atoms with Gasteiger partial charge in [-0.2, -0.15) is 0 Å². The third-order valence-electron chi connectivity index (χ3n) is 4.53. The smallest absolute Gasteiger partial charge is 0.338 e. The maximum Gasteiger partial charge on any atom is 0.338 e. The molecule has 6 heteroatoms. The number of carbonyl (C=O) groups is 2. The van der Waals surface area contributed by atoms with Crippen LogP contribution < -0.4 is 4.74 Å². The number of allylic oxidation sites excluding steroid dienone is 2. The average molecular weight is 451 g/mol. The number of halogens is 1. The second kappa shape index (κ2) is 12.8. The maximum atomic E-state index is 13.2. The first-order valence-electron chi connectivity index (χ1n) is 10.5. The van der Waals surface area contributed by atoms with Crippen molar-refractivity contribution in [2.75, 3.05) is 0 Å². The van der Waals surface area contributed by atoms with E-state index in [0.29, 0.717) is 5.56 Å². The van der Waals surface area contributed by atoms with Gasteiger partial charge in [0.25, 0.3) is 0 Å². The van der Waals surface area contributed by atoms with Crippen molar-refractivity contribution in [3.63, 3.8) is 0 Å². The number of carboxylic acids is 2. The van der Waals surface area contributed by atoms with E-state index in [1.165, 1.54) is 18.9 Å². The first-order chi connectivity index (χ1) is 15.8. The molecule has 0 bridgehead atoms. The van der Waals surface area contributed by atoms with E-state index in [1.807, 2.05) is 42.5 Å². The minimum Gasteiger partial charge on any atom is -0.478 e. The summed E-state index contributed by atoms with van der Waals surface area (Å²) < 4.78 is 19.0. The van der Waals surface area contributed by atoms with Crippen LogP contribution in [0.4, 0.5) is 4.39 Å². The lowest BCUT2D eigenvalue weighted by Gasteiger charge is -2.06. The molecule has 3 aromatic carbocycles. The molecule has 33 heavy (non-hydrogen) atoms. The first kappa shape index (κ1) is 25.3. The molecule has 3 aromatic rings. The Morgan fingerprint density at radius 2 is 1.48 bits per heavy atom. The van der Waals surface area contributed by atoms with Gasteiger partial charge in [0, 0.05) is 0 Å². The molecule has 0 saturated heterocycles. The summed E-state index contributed by atoms with van der Waals surface area (Å²) in [6, 6.07) is 20.3. The number of ether oxygens (including phenoxy) is 1. The molecule has 0 aliphatic heterocycles. The van der Waals surface area contributed by atoms with Gasteiger partial charge in [-0.1, -0.05) is 55.8 Å². The average Bonchev–Trinajstić information content (AvgIpc) is 2.79. The normalized spacial score (nSPS) is 10.4. The van der Waals surface area contributed by atoms with Crippen LogP contribution in [0.25, 0.3) is 0 Å². The molecular weight excluding hydrogens is 423 g/mol. The first-order valence-corrected chi connectivity index (χ1v) is 10.5. The van der Waals surface area contributed by atoms with Gasteiger partial charge in [0.15, 0.2) is 5.82 Å². The van der Waals surface area contributed by atoms with E-state index in [1.54, 1.807) is 0 Å². The monoisotopic (exact) mass is 450 g/mol. The second-order valence-corrected chi connectivity index (χ2v) is 7.31. The van der Waals surface area contributed by atoms with Crippen molar-refractivity contribution < 1.29 is 28.9 Å². The van der Waals surface area contributed by atoms with Crippen LogP contribution >= 0.6 is 0 Å². The van der Waals surface area contributed by atoms with Crippen LogP contribution in [-0.4, -0.2) is 22.2 Å². The van der Waals surface area contributed by atoms with Gasteiger partial charge in [-0.3, -0.25) is 0 Å². The number of aryl methyl sites for hydroxylation is 1. The molecule has 0 unspecified atom stereocenters. The minimum atomic E-state index is -1.48. The molecule has 0 amide bonds. The highest BCUT2D eigenvalue weighted by atomic mass is 19.1. The van der Waals surface area contributed by atoms with Crippen LogP contribution in [0.1, 0.15) is 51.6 Å². The predicted octanol–water partition coefficient (Wildman–Crippen LogP) is 6.91. The van der Waals surface area contributed by atoms with Gasteiger partial charge in [-0.15, -0.1) is 0 Å². The lowest BCUT2D eigenvalue weighted by Crippen LogP contribution is -2.08. The van der Waals surface area contributed by atoms with Gasteiger partial charge in [0.1, 0.15) is 11.5 Å². The van der Waals surface area contributed by atoms with E-state index >= 15 is 0 Å². The predicted molar refractivity (Wildman–Crippen MR) is 126 cm³/mol. The molecule has 0 atom stereocenters. The van der Waals surface area contributed by atoms with Gasteiger partial charge in [-0.25, -0.2) is 14.0 Å². The molecule has 0 radical (unpaired) electrons. The fraction of sp³-hybridized carbons (Fsp3) is 0.185. The summed E-state index contributed by atoms with van der Waals surface area (Å²) in [5, 5.41) is 17.1. The van der Waals surface area contributed by atoms with Crippen LogP contribution in [0, 0.1) is 12.7 Å². The van der Waals surface area contributed by atoms with E-state index in [0.717, 1.165) is 36.5 Å². The molecule has 0 spiro atoms. The fourth-order valence-corrected chi connectivity index (χ4v) is 2.94. The summed E-state index contributed by atoms with van der Waals surface area (Å²) in [6.07, 6.45) is 7.79. The zero-order valence-electron chi connectivity index (χ0n) is 18.6. The fourth-order valence-electron chi connectivity index (χ4n) is 2.94. The van der Waals surface area contributed by atoms with Crippen molar-refractivity contribution in [3.05, 3.63) is 107 Å². The number of carboxylic acid groups (broad SMARTS) is 2. The van der Waals surface area contributed by atoms with Crippen molar-refractivity contribution in [2.45, 2.75) is 33.1 Å². The number of benzene rings is 3. The Kier molecular flexibility index (Phi) is 9.83. The number of hydrogen-bond donors (Lipinski definition) is 2. The van der Waals surface area contributed by atoms with E-state index in [2.05, 4.69) is 31.2 Å². The van der Waals surface area contributed by atoms with E-state index in [-0.39, 0.29) is 0 Å². The Balaban J connectivity index is 0.000000245. The maximum absolute atomic E-state index is 13.2. The highest BCUT2D eigenvalue weighted by molar-refractivity contribution is 5.94. The van der Waals surface area contributed by atoms with Crippen molar-refractivity contribution in [1.82, 2.24) is 0 Å². The highest BCUT2D eigenvalue weighted by Gasteiger charge is 2.19. The molecule has 2 N–H and O–H groups in total. The van der Waals surface area contributed by atoms with Crippen molar-refractivity contribution in [3.8, 4) is 11.5 Å². The molecule has 172 valence electrons. The van der Waals surface area contributed by atoms with Crippen LogP contribution in [0.15, 0.2) is 78.9 Å². The van der Waals surface area contributed by atoms with Gasteiger partial charge < -0.3 is 14.9 Å². The van der Waals surface area contributed by atoms with Crippen LogP contribution in [-0.2, 0) is 6.42 Å². The zero-order chi connectivity index (χ0) is 24.2. The summed E-state index contributed by atoms with van der Waals surface area (Å²) in [5.74, 6) is -2.40. The SMILES string of the molecule is CCCC=CCc1cccc(Oc2ccccc2)c1.Cc1cc(C(=O)O)c(F)c(C(=O)O)c1. The molecule has 5 nitrogen and oxygen atoms in total. The summed E-state index contributed by atoms with van der Waals surface area (Å²) in [6.45, 7) is 3.69. The molecule has 0 aromatic heterocycles. The van der Waals surface area contributed by atoms with Crippen LogP contribution in [0.2, 0.25) is 0 Å². The third-order valence-corrected chi connectivity index (χ3v) is 4.53. The second-order valence-electron chi connectivity index (χ2n) is 7.31. The molecule has 0 heterocycles. The number of hydrogen-bond acceptors (Lipinski definition) is 3. The van der Waals surface area contributed by atoms with E-state index in [4.69, 9.17) is 14.9 Å². The number of aromatic carboxylic acids is 2. The molecular formula is C27H27FO5. The number of rotatable bonds is 8. The Morgan fingerprint density at radius 1 is 0.879 bits per heavy atom. The molecule has 0 saturated carbocycles. The summed E-state index contributed by atoms with van der Waals surface area (Å²) in [7, 11) is 0. The summed E-state index contributed by atoms with van der Waals surface area (Å²) in [5.41, 5.74) is 0.423. The van der Waals surface area contributed by atoms with Crippen LogP contribution in [0.3, 0.4) is 0 Å². The van der Waals surface area contributed by atoms with Crippen LogP contribution in [0.5, 0.6) is 11.5 Å². The largest absolute Gasteiger partial charge is 0.478 e. The topological polar surface area (TPSA) is 83.8 Å². The highest BCUT2D eigenvalue weighted by Crippen LogP contribution is 2.22. The Morgan fingerprint density at radius 3 is 2.06 bits per heavy atom. The van der Waals surface area contributed by atoms with Gasteiger partial charge >= 0.3 is 11.9 Å². The van der Waals surface area contributed by atoms with E-state index < -0.39 is 28.9 Å². The number of unbranched alkanes of at least 4 members (excludes halogenated alkanes) is 1. The standard InChI is InChI=1S/C18H20O.C9H7FO4/c1-2-3-4-6-10-16-11-9-14-18(15-16)19-17-12-7-5-8-13-17;1-4-2-5(8(11)12)7(10)6(3-4)9(13)14/h4-9,11-15H,2-3,10H2,1H3;2-3H,1H3,(H,11,12)(H,13,14). The Labute approximate surface area is 192 Å².